The van der Waals surface area contributed by atoms with Gasteiger partial charge in [0.15, 0.2) is 6.10 Å². The van der Waals surface area contributed by atoms with Crippen molar-refractivity contribution in [3.63, 3.8) is 0 Å². The molecule has 0 amide bonds. The Kier molecular flexibility index (Phi) is 53.0. The smallest absolute Gasteiger partial charge is 0.361 e. The number of carbonyl (C=O) groups is 3. The average Bonchev–Trinajstić information content (AvgIpc) is 3.36. The molecule has 1 N–H and O–H groups in total. The van der Waals surface area contributed by atoms with Crippen LogP contribution in [0.25, 0.3) is 0 Å². The van der Waals surface area contributed by atoms with E-state index in [1.807, 2.05) is 21.1 Å². The van der Waals surface area contributed by atoms with Crippen molar-refractivity contribution < 1.29 is 42.9 Å². The highest BCUT2D eigenvalue weighted by Crippen LogP contribution is 2.16. The van der Waals surface area contributed by atoms with Gasteiger partial charge in [-0.2, -0.15) is 0 Å². The predicted molar refractivity (Wildman–Crippen MR) is 309 cm³/mol. The van der Waals surface area contributed by atoms with E-state index < -0.39 is 24.3 Å². The van der Waals surface area contributed by atoms with E-state index in [0.29, 0.717) is 23.9 Å². The van der Waals surface area contributed by atoms with Gasteiger partial charge in [0.2, 0.25) is 0 Å². The van der Waals surface area contributed by atoms with Crippen molar-refractivity contribution in [2.24, 2.45) is 0 Å². The van der Waals surface area contributed by atoms with Gasteiger partial charge in [0.25, 0.3) is 6.29 Å². The minimum absolute atomic E-state index is 0.184. The molecule has 0 aliphatic heterocycles. The molecule has 9 nitrogen and oxygen atoms in total. The fourth-order valence-corrected chi connectivity index (χ4v) is 8.52. The van der Waals surface area contributed by atoms with Crippen LogP contribution >= 0.6 is 0 Å². The Morgan fingerprint density at radius 1 is 0.411 bits per heavy atom. The van der Waals surface area contributed by atoms with Crippen molar-refractivity contribution in [2.45, 2.75) is 283 Å². The lowest BCUT2D eigenvalue weighted by Gasteiger charge is -2.25. The Labute approximate surface area is 450 Å². The Balaban J connectivity index is 4.22. The Morgan fingerprint density at radius 3 is 1.10 bits per heavy atom. The molecule has 0 saturated carbocycles. The number of hydrogen-bond acceptors (Lipinski definition) is 7. The number of carboxylic acids is 1. The number of nitrogens with zero attached hydrogens (tertiary/aromatic N) is 1. The molecule has 2 atom stereocenters. The summed E-state index contributed by atoms with van der Waals surface area (Å²) in [6, 6.07) is 0. The van der Waals surface area contributed by atoms with Crippen LogP contribution < -0.4 is 0 Å². The van der Waals surface area contributed by atoms with Gasteiger partial charge >= 0.3 is 17.9 Å². The van der Waals surface area contributed by atoms with Gasteiger partial charge in [0.1, 0.15) is 13.2 Å². The van der Waals surface area contributed by atoms with Crippen molar-refractivity contribution in [1.82, 2.24) is 0 Å². The van der Waals surface area contributed by atoms with E-state index in [1.54, 1.807) is 0 Å². The molecular weight excluding hydrogens is 911 g/mol. The number of ether oxygens (including phenoxy) is 4. The van der Waals surface area contributed by atoms with Gasteiger partial charge in [-0.1, -0.05) is 235 Å². The fourth-order valence-electron chi connectivity index (χ4n) is 8.52. The van der Waals surface area contributed by atoms with E-state index in [9.17, 15) is 19.5 Å². The lowest BCUT2D eigenvalue weighted by Crippen LogP contribution is -2.40. The third-order valence-electron chi connectivity index (χ3n) is 13.2. The molecule has 0 saturated heterocycles. The van der Waals surface area contributed by atoms with Crippen LogP contribution in [0.1, 0.15) is 271 Å². The van der Waals surface area contributed by atoms with E-state index in [2.05, 4.69) is 74.6 Å². The van der Waals surface area contributed by atoms with Crippen LogP contribution in [0, 0.1) is 0 Å². The molecule has 0 heterocycles. The largest absolute Gasteiger partial charge is 0.477 e. The monoisotopic (exact) mass is 1030 g/mol. The summed E-state index contributed by atoms with van der Waals surface area (Å²) in [5.41, 5.74) is 0. The quantitative estimate of drug-likeness (QED) is 0.0211. The van der Waals surface area contributed by atoms with Gasteiger partial charge < -0.3 is 28.5 Å². The molecule has 2 unspecified atom stereocenters. The topological polar surface area (TPSA) is 108 Å². The van der Waals surface area contributed by atoms with Gasteiger partial charge in [0.05, 0.1) is 34.4 Å². The molecule has 73 heavy (non-hydrogen) atoms. The number of aliphatic carboxylic acids is 1. The summed E-state index contributed by atoms with van der Waals surface area (Å²) in [6.07, 6.45) is 67.3. The molecule has 0 bridgehead atoms. The maximum Gasteiger partial charge on any atom is 0.361 e. The van der Waals surface area contributed by atoms with Crippen LogP contribution in [-0.2, 0) is 33.3 Å². The van der Waals surface area contributed by atoms with Crippen LogP contribution in [0.4, 0.5) is 0 Å². The number of carboxylic acid groups (broad SMARTS) is 1. The number of quaternary nitrogens is 1. The number of likely N-dealkylation sites (N-methyl/N-ethyl adjacent to an activating group) is 1. The van der Waals surface area contributed by atoms with Gasteiger partial charge in [-0.05, 0) is 83.5 Å². The fraction of sp³-hybridized carbons (Fsp3) is 0.797. The molecule has 0 aliphatic rings. The normalized spacial score (nSPS) is 13.2. The second kappa shape index (κ2) is 55.2. The summed E-state index contributed by atoms with van der Waals surface area (Å²) in [4.78, 5) is 37.5. The first-order chi connectivity index (χ1) is 35.6. The molecule has 9 heteroatoms. The summed E-state index contributed by atoms with van der Waals surface area (Å²) in [5, 5.41) is 9.71. The average molecular weight is 1030 g/mol. The number of esters is 2. The highest BCUT2D eigenvalue weighted by molar-refractivity contribution is 5.71. The standard InChI is InChI=1S/C64H115NO8/c1-6-8-10-12-14-16-18-20-22-24-26-28-29-30-31-32-33-35-36-38-40-42-44-46-48-50-52-54-61(66)71-58-60(59-72-64(63(68)69)70-57-56-65(3,4)5)73-62(67)55-53-51-49-47-45-43-41-39-37-34-27-25-23-21-19-17-15-13-11-9-7-2/h18-21,24-27,37,39,60,64H,6-17,22-23,28-36,38,40-59H2,1-5H3/p+1/b20-18-,21-19-,26-24-,27-25-,39-37-. The molecule has 0 rings (SSSR count). The molecule has 0 aromatic rings. The zero-order valence-electron chi connectivity index (χ0n) is 48.3. The van der Waals surface area contributed by atoms with Gasteiger partial charge in [-0.3, -0.25) is 9.59 Å². The lowest BCUT2D eigenvalue weighted by atomic mass is 10.0. The van der Waals surface area contributed by atoms with Crippen LogP contribution in [0.5, 0.6) is 0 Å². The number of hydrogen-bond donors (Lipinski definition) is 1. The molecule has 0 fully saturated rings. The van der Waals surface area contributed by atoms with Crippen molar-refractivity contribution in [1.29, 1.82) is 0 Å². The Bertz CT molecular complexity index is 1380. The molecular formula is C64H116NO8+. The van der Waals surface area contributed by atoms with Crippen molar-refractivity contribution in [3.8, 4) is 0 Å². The van der Waals surface area contributed by atoms with Gasteiger partial charge in [0, 0.05) is 12.8 Å². The van der Waals surface area contributed by atoms with Crippen molar-refractivity contribution in [2.75, 3.05) is 47.5 Å². The third-order valence-corrected chi connectivity index (χ3v) is 13.2. The maximum atomic E-state index is 12.9. The summed E-state index contributed by atoms with van der Waals surface area (Å²) in [6.45, 7) is 4.86. The zero-order chi connectivity index (χ0) is 53.4. The number of rotatable bonds is 56. The SMILES string of the molecule is CCCCCCC/C=C\C/C=C\C/C=C\CCCCCCCCC(=O)OC(COC(=O)CCCCCCCCCCCCCCCCC/C=C\C/C=C\CCCCCCC)COC(OCC[N+](C)(C)C)C(=O)O. The lowest BCUT2D eigenvalue weighted by molar-refractivity contribution is -0.870. The second-order valence-corrected chi connectivity index (χ2v) is 21.7. The first-order valence-corrected chi connectivity index (χ1v) is 30.5. The molecule has 0 aromatic carbocycles. The molecule has 0 aromatic heterocycles. The molecule has 424 valence electrons. The minimum Gasteiger partial charge on any atom is -0.477 e. The van der Waals surface area contributed by atoms with Crippen LogP contribution in [0.15, 0.2) is 60.8 Å². The van der Waals surface area contributed by atoms with Crippen molar-refractivity contribution >= 4 is 17.9 Å². The number of unbranched alkanes of at least 4 members (excludes halogenated alkanes) is 31. The Hall–Kier alpha value is -3.01. The second-order valence-electron chi connectivity index (χ2n) is 21.7. The number of carbonyl (C=O) groups excluding carboxylic acids is 2. The zero-order valence-corrected chi connectivity index (χ0v) is 48.3. The summed E-state index contributed by atoms with van der Waals surface area (Å²) in [7, 11) is 5.97. The minimum atomic E-state index is -1.52. The Morgan fingerprint density at radius 2 is 0.740 bits per heavy atom. The molecule has 0 radical (unpaired) electrons. The molecule has 0 aliphatic carbocycles. The highest BCUT2D eigenvalue weighted by Gasteiger charge is 2.25. The van der Waals surface area contributed by atoms with E-state index in [-0.39, 0.29) is 32.2 Å². The third kappa shape index (κ3) is 56.6. The van der Waals surface area contributed by atoms with Crippen LogP contribution in [-0.4, -0.2) is 87.4 Å². The van der Waals surface area contributed by atoms with Crippen molar-refractivity contribution in [3.05, 3.63) is 60.8 Å². The molecule has 0 spiro atoms. The highest BCUT2D eigenvalue weighted by atomic mass is 16.7. The van der Waals surface area contributed by atoms with E-state index in [1.165, 1.54) is 161 Å². The van der Waals surface area contributed by atoms with Gasteiger partial charge in [-0.25, -0.2) is 4.79 Å². The number of allylic oxidation sites excluding steroid dienone is 10. The summed E-state index contributed by atoms with van der Waals surface area (Å²) < 4.78 is 22.9. The van der Waals surface area contributed by atoms with E-state index >= 15 is 0 Å². The van der Waals surface area contributed by atoms with Crippen LogP contribution in [0.3, 0.4) is 0 Å². The first kappa shape index (κ1) is 70.0. The first-order valence-electron chi connectivity index (χ1n) is 30.5. The van der Waals surface area contributed by atoms with Crippen LogP contribution in [0.2, 0.25) is 0 Å². The maximum absolute atomic E-state index is 12.9. The predicted octanol–water partition coefficient (Wildman–Crippen LogP) is 18.0. The summed E-state index contributed by atoms with van der Waals surface area (Å²) in [5.74, 6) is -2.01. The summed E-state index contributed by atoms with van der Waals surface area (Å²) >= 11 is 0. The van der Waals surface area contributed by atoms with E-state index in [4.69, 9.17) is 18.9 Å². The van der Waals surface area contributed by atoms with Gasteiger partial charge in [-0.15, -0.1) is 0 Å². The van der Waals surface area contributed by atoms with E-state index in [0.717, 1.165) is 77.0 Å².